The maximum atomic E-state index is 12.7. The van der Waals surface area contributed by atoms with E-state index in [0.717, 1.165) is 23.4 Å². The topological polar surface area (TPSA) is 20.3 Å². The molecular formula is C19H21NOS. The van der Waals surface area contributed by atoms with Crippen LogP contribution in [0.2, 0.25) is 0 Å². The summed E-state index contributed by atoms with van der Waals surface area (Å²) in [6.45, 7) is 4.22. The number of aryl methyl sites for hydroxylation is 2. The molecule has 1 aliphatic rings. The molecule has 0 saturated carbocycles. The molecule has 0 fully saturated rings. The van der Waals surface area contributed by atoms with Crippen molar-refractivity contribution < 1.29 is 4.79 Å². The van der Waals surface area contributed by atoms with Gasteiger partial charge in [0, 0.05) is 16.6 Å². The summed E-state index contributed by atoms with van der Waals surface area (Å²) in [5.74, 6) is 0.687. The van der Waals surface area contributed by atoms with E-state index in [9.17, 15) is 4.79 Å². The van der Waals surface area contributed by atoms with Crippen LogP contribution in [0.15, 0.2) is 53.4 Å². The average molecular weight is 311 g/mol. The van der Waals surface area contributed by atoms with Gasteiger partial charge in [-0.05, 0) is 50.5 Å². The normalized spacial score (nSPS) is 17.2. The van der Waals surface area contributed by atoms with Gasteiger partial charge in [0.05, 0.1) is 5.75 Å². The van der Waals surface area contributed by atoms with Crippen LogP contribution in [0.4, 0.5) is 5.69 Å². The van der Waals surface area contributed by atoms with Crippen molar-refractivity contribution in [1.82, 2.24) is 0 Å². The molecule has 22 heavy (non-hydrogen) atoms. The summed E-state index contributed by atoms with van der Waals surface area (Å²) in [6.07, 6.45) is 2.10. The Balaban J connectivity index is 1.73. The molecule has 2 nitrogen and oxygen atoms in total. The van der Waals surface area contributed by atoms with Crippen LogP contribution in [-0.4, -0.2) is 17.7 Å². The number of benzene rings is 2. The number of amides is 1. The zero-order chi connectivity index (χ0) is 15.5. The Labute approximate surface area is 136 Å². The van der Waals surface area contributed by atoms with Crippen molar-refractivity contribution in [1.29, 1.82) is 0 Å². The first-order valence-electron chi connectivity index (χ1n) is 7.74. The first kappa shape index (κ1) is 15.2. The Morgan fingerprint density at radius 1 is 1.18 bits per heavy atom. The highest BCUT2D eigenvalue weighted by Crippen LogP contribution is 2.31. The SMILES string of the molecule is Cc1ccc(SCC(=O)N2c3ccccc3CCC2C)cc1. The Morgan fingerprint density at radius 3 is 2.68 bits per heavy atom. The number of para-hydroxylation sites is 1. The quantitative estimate of drug-likeness (QED) is 0.780. The van der Waals surface area contributed by atoms with E-state index in [-0.39, 0.29) is 11.9 Å². The van der Waals surface area contributed by atoms with Gasteiger partial charge in [0.15, 0.2) is 0 Å². The number of thioether (sulfide) groups is 1. The van der Waals surface area contributed by atoms with Crippen molar-refractivity contribution in [2.75, 3.05) is 10.7 Å². The fourth-order valence-electron chi connectivity index (χ4n) is 2.92. The highest BCUT2D eigenvalue weighted by molar-refractivity contribution is 8.00. The number of hydrogen-bond acceptors (Lipinski definition) is 2. The lowest BCUT2D eigenvalue weighted by Crippen LogP contribution is -2.43. The van der Waals surface area contributed by atoms with Gasteiger partial charge in [-0.2, -0.15) is 0 Å². The Kier molecular flexibility index (Phi) is 4.53. The molecule has 0 radical (unpaired) electrons. The van der Waals surface area contributed by atoms with Crippen LogP contribution < -0.4 is 4.90 Å². The number of carbonyl (C=O) groups is 1. The lowest BCUT2D eigenvalue weighted by molar-refractivity contribution is -0.116. The zero-order valence-corrected chi connectivity index (χ0v) is 13.9. The van der Waals surface area contributed by atoms with E-state index in [1.54, 1.807) is 11.8 Å². The van der Waals surface area contributed by atoms with Crippen LogP contribution in [0.3, 0.4) is 0 Å². The molecule has 0 saturated heterocycles. The summed E-state index contributed by atoms with van der Waals surface area (Å²) in [5.41, 5.74) is 3.62. The van der Waals surface area contributed by atoms with Gasteiger partial charge >= 0.3 is 0 Å². The number of fused-ring (bicyclic) bond motifs is 1. The predicted molar refractivity (Wildman–Crippen MR) is 93.6 cm³/mol. The lowest BCUT2D eigenvalue weighted by atomic mass is 9.97. The first-order chi connectivity index (χ1) is 10.6. The van der Waals surface area contributed by atoms with Gasteiger partial charge < -0.3 is 4.90 Å². The fourth-order valence-corrected chi connectivity index (χ4v) is 3.68. The molecule has 2 aromatic rings. The van der Waals surface area contributed by atoms with E-state index in [2.05, 4.69) is 56.3 Å². The van der Waals surface area contributed by atoms with Gasteiger partial charge in [0.25, 0.3) is 0 Å². The number of hydrogen-bond donors (Lipinski definition) is 0. The lowest BCUT2D eigenvalue weighted by Gasteiger charge is -2.35. The number of carbonyl (C=O) groups excluding carboxylic acids is 1. The molecule has 0 spiro atoms. The molecule has 0 aliphatic carbocycles. The highest BCUT2D eigenvalue weighted by Gasteiger charge is 2.27. The molecule has 3 rings (SSSR count). The van der Waals surface area contributed by atoms with E-state index in [1.165, 1.54) is 11.1 Å². The van der Waals surface area contributed by atoms with Crippen molar-refractivity contribution in [2.24, 2.45) is 0 Å². The van der Waals surface area contributed by atoms with E-state index >= 15 is 0 Å². The summed E-state index contributed by atoms with van der Waals surface area (Å²) in [7, 11) is 0. The molecule has 1 atom stereocenters. The zero-order valence-electron chi connectivity index (χ0n) is 13.1. The van der Waals surface area contributed by atoms with Gasteiger partial charge in [0.1, 0.15) is 0 Å². The van der Waals surface area contributed by atoms with Gasteiger partial charge in [0.2, 0.25) is 5.91 Å². The van der Waals surface area contributed by atoms with Crippen LogP contribution in [0.5, 0.6) is 0 Å². The molecule has 3 heteroatoms. The maximum Gasteiger partial charge on any atom is 0.237 e. The highest BCUT2D eigenvalue weighted by atomic mass is 32.2. The van der Waals surface area contributed by atoms with Crippen molar-refractivity contribution in [3.05, 3.63) is 59.7 Å². The van der Waals surface area contributed by atoms with Crippen LogP contribution in [-0.2, 0) is 11.2 Å². The van der Waals surface area contributed by atoms with Gasteiger partial charge in [-0.25, -0.2) is 0 Å². The second-order valence-corrected chi connectivity index (χ2v) is 6.93. The molecule has 1 aliphatic heterocycles. The molecule has 1 amide bonds. The van der Waals surface area contributed by atoms with Crippen molar-refractivity contribution in [3.63, 3.8) is 0 Å². The molecule has 1 heterocycles. The Hall–Kier alpha value is -1.74. The summed E-state index contributed by atoms with van der Waals surface area (Å²) >= 11 is 1.62. The van der Waals surface area contributed by atoms with Crippen LogP contribution in [0.1, 0.15) is 24.5 Å². The van der Waals surface area contributed by atoms with E-state index in [1.807, 2.05) is 11.0 Å². The number of nitrogens with zero attached hydrogens (tertiary/aromatic N) is 1. The predicted octanol–water partition coefficient (Wildman–Crippen LogP) is 4.46. The van der Waals surface area contributed by atoms with E-state index < -0.39 is 0 Å². The van der Waals surface area contributed by atoms with Gasteiger partial charge in [-0.3, -0.25) is 4.79 Å². The van der Waals surface area contributed by atoms with E-state index in [0.29, 0.717) is 5.75 Å². The Bertz CT molecular complexity index is 665. The molecule has 2 aromatic carbocycles. The fraction of sp³-hybridized carbons (Fsp3) is 0.316. The molecule has 0 N–H and O–H groups in total. The molecule has 114 valence electrons. The summed E-state index contributed by atoms with van der Waals surface area (Å²) in [6, 6.07) is 16.9. The Morgan fingerprint density at radius 2 is 1.91 bits per heavy atom. The largest absolute Gasteiger partial charge is 0.309 e. The van der Waals surface area contributed by atoms with Crippen molar-refractivity contribution >= 4 is 23.4 Å². The smallest absolute Gasteiger partial charge is 0.237 e. The van der Waals surface area contributed by atoms with Crippen LogP contribution in [0.25, 0.3) is 0 Å². The summed E-state index contributed by atoms with van der Waals surface area (Å²) in [5, 5.41) is 0. The molecule has 0 aromatic heterocycles. The first-order valence-corrected chi connectivity index (χ1v) is 8.73. The van der Waals surface area contributed by atoms with E-state index in [4.69, 9.17) is 0 Å². The number of rotatable bonds is 3. The van der Waals surface area contributed by atoms with Crippen molar-refractivity contribution in [2.45, 2.75) is 37.6 Å². The summed E-state index contributed by atoms with van der Waals surface area (Å²) in [4.78, 5) is 15.9. The summed E-state index contributed by atoms with van der Waals surface area (Å²) < 4.78 is 0. The third kappa shape index (κ3) is 3.20. The number of anilines is 1. The average Bonchev–Trinajstić information content (AvgIpc) is 2.54. The minimum absolute atomic E-state index is 0.199. The minimum atomic E-state index is 0.199. The molecule has 0 bridgehead atoms. The standard InChI is InChI=1S/C19H21NOS/c1-14-7-11-17(12-8-14)22-13-19(21)20-15(2)9-10-16-5-3-4-6-18(16)20/h3-8,11-12,15H,9-10,13H2,1-2H3. The van der Waals surface area contributed by atoms with Crippen LogP contribution in [0, 0.1) is 6.92 Å². The maximum absolute atomic E-state index is 12.7. The molecule has 1 unspecified atom stereocenters. The third-order valence-electron chi connectivity index (χ3n) is 4.18. The monoisotopic (exact) mass is 311 g/mol. The third-order valence-corrected chi connectivity index (χ3v) is 5.17. The van der Waals surface area contributed by atoms with Crippen molar-refractivity contribution in [3.8, 4) is 0 Å². The minimum Gasteiger partial charge on any atom is -0.309 e. The van der Waals surface area contributed by atoms with Crippen LogP contribution >= 0.6 is 11.8 Å². The van der Waals surface area contributed by atoms with Gasteiger partial charge in [-0.15, -0.1) is 11.8 Å². The second kappa shape index (κ2) is 6.57. The molecular weight excluding hydrogens is 290 g/mol. The van der Waals surface area contributed by atoms with Gasteiger partial charge in [-0.1, -0.05) is 35.9 Å². The second-order valence-electron chi connectivity index (χ2n) is 5.88.